The van der Waals surface area contributed by atoms with Crippen LogP contribution < -0.4 is 28.4 Å². The Hall–Kier alpha value is -8.00. The lowest BCUT2D eigenvalue weighted by atomic mass is 10.2. The third kappa shape index (κ3) is 14.9. The van der Waals surface area contributed by atoms with Gasteiger partial charge in [-0.05, 0) is 153 Å². The number of rotatable bonds is 22. The van der Waals surface area contributed by atoms with E-state index in [-0.39, 0.29) is 47.3 Å². The highest BCUT2D eigenvalue weighted by atomic mass is 16.6. The minimum atomic E-state index is -0.661. The van der Waals surface area contributed by atoms with Gasteiger partial charge in [0.2, 0.25) is 0 Å². The van der Waals surface area contributed by atoms with Gasteiger partial charge in [-0.15, -0.1) is 0 Å². The molecule has 14 nitrogen and oxygen atoms in total. The molecule has 0 atom stereocenters. The summed E-state index contributed by atoms with van der Waals surface area (Å²) in [5.74, 6) is -1.43. The Morgan fingerprint density at radius 3 is 1.10 bits per heavy atom. The second-order valence-corrected chi connectivity index (χ2v) is 13.4. The third-order valence-electron chi connectivity index (χ3n) is 8.78. The van der Waals surface area contributed by atoms with E-state index >= 15 is 0 Å². The van der Waals surface area contributed by atoms with E-state index in [4.69, 9.17) is 37.9 Å². The number of esters is 6. The highest BCUT2D eigenvalue weighted by molar-refractivity contribution is 5.94. The van der Waals surface area contributed by atoms with Crippen LogP contribution in [0.2, 0.25) is 0 Å². The van der Waals surface area contributed by atoms with Gasteiger partial charge in [0.25, 0.3) is 0 Å². The van der Waals surface area contributed by atoms with Gasteiger partial charge in [-0.3, -0.25) is 0 Å². The van der Waals surface area contributed by atoms with Crippen molar-refractivity contribution in [1.82, 2.24) is 0 Å². The van der Waals surface area contributed by atoms with E-state index in [9.17, 15) is 28.8 Å². The minimum absolute atomic E-state index is 0.204. The molecular formula is C49H44O14. The van der Waals surface area contributed by atoms with Gasteiger partial charge in [0.05, 0.1) is 48.7 Å². The summed E-state index contributed by atoms with van der Waals surface area (Å²) < 4.78 is 43.2. The Kier molecular flexibility index (Phi) is 17.3. The molecule has 0 aliphatic heterocycles. The SMILES string of the molecule is C=CC(=O)OCCCCOc1ccc(C(=O)Oc2ccc(C(=O)Oc3ccc(OC(=O)c4ccc(OC(=O)c5ccc(OCCCCOC(=O)C=C)cc5)cc4)c(C)c3)cc2)cc1. The number of unbranched alkanes of at least 4 members (excludes halogenated alkanes) is 2. The number of aryl methyl sites for hydroxylation is 1. The number of hydrogen-bond donors (Lipinski definition) is 0. The fourth-order valence-electron chi connectivity index (χ4n) is 5.40. The summed E-state index contributed by atoms with van der Waals surface area (Å²) in [6, 6.07) is 29.1. The van der Waals surface area contributed by atoms with Crippen molar-refractivity contribution in [3.63, 3.8) is 0 Å². The lowest BCUT2D eigenvalue weighted by Crippen LogP contribution is -2.11. The first-order valence-electron chi connectivity index (χ1n) is 19.7. The zero-order valence-corrected chi connectivity index (χ0v) is 34.4. The molecule has 5 aromatic rings. The number of benzene rings is 5. The van der Waals surface area contributed by atoms with Crippen LogP contribution in [0.4, 0.5) is 0 Å². The maximum absolute atomic E-state index is 12.9. The van der Waals surface area contributed by atoms with Crippen molar-refractivity contribution >= 4 is 35.8 Å². The molecule has 0 aromatic heterocycles. The molecule has 0 heterocycles. The number of carbonyl (C=O) groups excluding carboxylic acids is 6. The predicted octanol–water partition coefficient (Wildman–Crippen LogP) is 8.65. The number of carbonyl (C=O) groups is 6. The Morgan fingerprint density at radius 2 is 0.730 bits per heavy atom. The maximum atomic E-state index is 12.9. The summed E-state index contributed by atoms with van der Waals surface area (Å²) in [5.41, 5.74) is 1.53. The molecule has 0 unspecified atom stereocenters. The molecule has 0 saturated heterocycles. The monoisotopic (exact) mass is 856 g/mol. The maximum Gasteiger partial charge on any atom is 0.343 e. The Balaban J connectivity index is 1.03. The Bertz CT molecular complexity index is 2380. The Labute approximate surface area is 363 Å². The molecule has 0 amide bonds. The van der Waals surface area contributed by atoms with E-state index in [1.165, 1.54) is 60.7 Å². The molecule has 0 aliphatic carbocycles. The van der Waals surface area contributed by atoms with Crippen LogP contribution >= 0.6 is 0 Å². The van der Waals surface area contributed by atoms with Gasteiger partial charge in [-0.1, -0.05) is 13.2 Å². The minimum Gasteiger partial charge on any atom is -0.494 e. The molecule has 0 bridgehead atoms. The van der Waals surface area contributed by atoms with Crippen molar-refractivity contribution < 1.29 is 66.7 Å². The van der Waals surface area contributed by atoms with Crippen LogP contribution in [0.3, 0.4) is 0 Å². The van der Waals surface area contributed by atoms with Crippen LogP contribution in [0.5, 0.6) is 34.5 Å². The fraction of sp³-hybridized carbons (Fsp3) is 0.184. The summed E-state index contributed by atoms with van der Waals surface area (Å²) in [6.07, 6.45) is 4.83. The zero-order chi connectivity index (χ0) is 45.0. The fourth-order valence-corrected chi connectivity index (χ4v) is 5.40. The molecule has 0 N–H and O–H groups in total. The van der Waals surface area contributed by atoms with Crippen LogP contribution in [-0.2, 0) is 19.1 Å². The van der Waals surface area contributed by atoms with Gasteiger partial charge in [0, 0.05) is 12.2 Å². The van der Waals surface area contributed by atoms with Crippen LogP contribution in [-0.4, -0.2) is 62.2 Å². The average molecular weight is 857 g/mol. The van der Waals surface area contributed by atoms with Crippen molar-refractivity contribution in [3.05, 3.63) is 168 Å². The lowest BCUT2D eigenvalue weighted by molar-refractivity contribution is -0.138. The molecule has 0 fully saturated rings. The summed E-state index contributed by atoms with van der Waals surface area (Å²) >= 11 is 0. The molecule has 63 heavy (non-hydrogen) atoms. The van der Waals surface area contributed by atoms with Crippen molar-refractivity contribution in [2.45, 2.75) is 32.6 Å². The highest BCUT2D eigenvalue weighted by Gasteiger charge is 2.16. The summed E-state index contributed by atoms with van der Waals surface area (Å²) in [6.45, 7) is 9.74. The van der Waals surface area contributed by atoms with Crippen LogP contribution in [0.25, 0.3) is 0 Å². The smallest absolute Gasteiger partial charge is 0.343 e. The lowest BCUT2D eigenvalue weighted by Gasteiger charge is -2.11. The average Bonchev–Trinajstić information content (AvgIpc) is 3.30. The number of hydrogen-bond acceptors (Lipinski definition) is 14. The van der Waals surface area contributed by atoms with Gasteiger partial charge < -0.3 is 37.9 Å². The molecule has 0 radical (unpaired) electrons. The largest absolute Gasteiger partial charge is 0.494 e. The molecule has 0 aliphatic rings. The topological polar surface area (TPSA) is 176 Å². The van der Waals surface area contributed by atoms with Gasteiger partial charge in [0.1, 0.15) is 34.5 Å². The van der Waals surface area contributed by atoms with Crippen molar-refractivity contribution in [3.8, 4) is 34.5 Å². The predicted molar refractivity (Wildman–Crippen MR) is 229 cm³/mol. The van der Waals surface area contributed by atoms with Gasteiger partial charge >= 0.3 is 35.8 Å². The van der Waals surface area contributed by atoms with Crippen LogP contribution in [0, 0.1) is 6.92 Å². The highest BCUT2D eigenvalue weighted by Crippen LogP contribution is 2.26. The van der Waals surface area contributed by atoms with Crippen molar-refractivity contribution in [2.24, 2.45) is 0 Å². The first kappa shape index (κ1) is 46.1. The first-order valence-corrected chi connectivity index (χ1v) is 19.7. The molecule has 324 valence electrons. The third-order valence-corrected chi connectivity index (χ3v) is 8.78. The Morgan fingerprint density at radius 1 is 0.413 bits per heavy atom. The molecule has 14 heteroatoms. The summed E-state index contributed by atoms with van der Waals surface area (Å²) in [7, 11) is 0. The normalized spacial score (nSPS) is 10.4. The van der Waals surface area contributed by atoms with E-state index < -0.39 is 35.8 Å². The van der Waals surface area contributed by atoms with Crippen LogP contribution in [0.1, 0.15) is 72.7 Å². The number of ether oxygens (including phenoxy) is 8. The van der Waals surface area contributed by atoms with E-state index in [0.717, 1.165) is 12.2 Å². The molecule has 0 spiro atoms. The molecule has 5 aromatic carbocycles. The van der Waals surface area contributed by atoms with E-state index in [2.05, 4.69) is 13.2 Å². The second kappa shape index (κ2) is 23.7. The molecular weight excluding hydrogens is 813 g/mol. The van der Waals surface area contributed by atoms with Crippen LogP contribution in [0.15, 0.2) is 141 Å². The summed E-state index contributed by atoms with van der Waals surface area (Å²) in [4.78, 5) is 73.4. The van der Waals surface area contributed by atoms with Gasteiger partial charge in [0.15, 0.2) is 0 Å². The molecule has 5 rings (SSSR count). The van der Waals surface area contributed by atoms with Gasteiger partial charge in [-0.25, -0.2) is 28.8 Å². The molecule has 0 saturated carbocycles. The standard InChI is InChI=1S/C49H44O14/c1-4-44(50)58-30-8-6-28-56-38-18-10-34(11-19-38)46(52)60-40-22-14-36(15-23-40)48(54)62-42-26-27-43(33(3)32-42)63-49(55)37-16-24-41(25-17-37)61-47(53)35-12-20-39(21-13-35)57-29-7-9-31-59-45(51)5-2/h4-5,10-27,32H,1-2,6-9,28-31H2,3H3. The van der Waals surface area contributed by atoms with Crippen molar-refractivity contribution in [1.29, 1.82) is 0 Å². The van der Waals surface area contributed by atoms with Crippen molar-refractivity contribution in [2.75, 3.05) is 26.4 Å². The van der Waals surface area contributed by atoms with E-state index in [1.807, 2.05) is 0 Å². The zero-order valence-electron chi connectivity index (χ0n) is 34.4. The van der Waals surface area contributed by atoms with Gasteiger partial charge in [-0.2, -0.15) is 0 Å². The van der Waals surface area contributed by atoms with E-state index in [0.29, 0.717) is 67.1 Å². The quantitative estimate of drug-likeness (QED) is 0.0280. The first-order chi connectivity index (χ1) is 30.5. The van der Waals surface area contributed by atoms with E-state index in [1.54, 1.807) is 61.5 Å². The second-order valence-electron chi connectivity index (χ2n) is 13.4. The summed E-state index contributed by atoms with van der Waals surface area (Å²) in [5, 5.41) is 0.